The number of sulfonamides is 1. The molecule has 6 nitrogen and oxygen atoms in total. The summed E-state index contributed by atoms with van der Waals surface area (Å²) in [6.45, 7) is 8.08. The van der Waals surface area contributed by atoms with Crippen LogP contribution in [0.3, 0.4) is 0 Å². The van der Waals surface area contributed by atoms with Crippen LogP contribution < -0.4 is 4.90 Å². The van der Waals surface area contributed by atoms with Crippen molar-refractivity contribution in [3.05, 3.63) is 53.9 Å². The number of aromatic nitrogens is 1. The molecule has 0 radical (unpaired) electrons. The number of hydrogen-bond acceptors (Lipinski definition) is 5. The van der Waals surface area contributed by atoms with Crippen LogP contribution in [0.5, 0.6) is 0 Å². The molecular formula is C20H25N3O3S. The molecule has 1 aromatic heterocycles. The van der Waals surface area contributed by atoms with Crippen molar-refractivity contribution in [3.8, 4) is 0 Å². The molecule has 1 aromatic carbocycles. The molecule has 0 N–H and O–H groups in total. The summed E-state index contributed by atoms with van der Waals surface area (Å²) in [7, 11) is -3.52. The predicted octanol–water partition coefficient (Wildman–Crippen LogP) is 2.70. The molecule has 0 amide bonds. The lowest BCUT2D eigenvalue weighted by molar-refractivity contribution is 0.111. The van der Waals surface area contributed by atoms with Gasteiger partial charge in [0.15, 0.2) is 6.29 Å². The van der Waals surface area contributed by atoms with E-state index in [1.165, 1.54) is 4.31 Å². The zero-order valence-corrected chi connectivity index (χ0v) is 16.7. The van der Waals surface area contributed by atoms with Crippen molar-refractivity contribution < 1.29 is 13.2 Å². The Morgan fingerprint density at radius 1 is 1.00 bits per heavy atom. The Bertz CT molecular complexity index is 910. The first-order valence-electron chi connectivity index (χ1n) is 8.99. The van der Waals surface area contributed by atoms with Crippen molar-refractivity contribution in [3.63, 3.8) is 0 Å². The summed E-state index contributed by atoms with van der Waals surface area (Å²) < 4.78 is 27.4. The van der Waals surface area contributed by atoms with Crippen molar-refractivity contribution >= 4 is 22.0 Å². The Morgan fingerprint density at radius 2 is 1.63 bits per heavy atom. The second-order valence-corrected chi connectivity index (χ2v) is 9.63. The first-order chi connectivity index (χ1) is 12.7. The van der Waals surface area contributed by atoms with E-state index in [2.05, 4.69) is 25.8 Å². The zero-order valence-electron chi connectivity index (χ0n) is 15.9. The fourth-order valence-electron chi connectivity index (χ4n) is 3.21. The molecule has 1 aliphatic heterocycles. The average Bonchev–Trinajstić information content (AvgIpc) is 2.67. The number of pyridine rings is 1. The number of rotatable bonds is 4. The zero-order chi connectivity index (χ0) is 19.7. The monoisotopic (exact) mass is 387 g/mol. The summed E-state index contributed by atoms with van der Waals surface area (Å²) in [6, 6.07) is 10.8. The second kappa shape index (κ2) is 7.40. The van der Waals surface area contributed by atoms with Gasteiger partial charge in [0.2, 0.25) is 10.0 Å². The van der Waals surface area contributed by atoms with Gasteiger partial charge < -0.3 is 4.90 Å². The van der Waals surface area contributed by atoms with Gasteiger partial charge in [-0.3, -0.25) is 9.78 Å². The van der Waals surface area contributed by atoms with E-state index in [1.807, 2.05) is 23.1 Å². The molecule has 0 saturated carbocycles. The summed E-state index contributed by atoms with van der Waals surface area (Å²) in [5.41, 5.74) is 2.21. The van der Waals surface area contributed by atoms with Gasteiger partial charge >= 0.3 is 0 Å². The molecule has 0 aliphatic carbocycles. The molecular weight excluding hydrogens is 362 g/mol. The van der Waals surface area contributed by atoms with Crippen LogP contribution in [-0.2, 0) is 15.4 Å². The summed E-state index contributed by atoms with van der Waals surface area (Å²) in [5.74, 6) is 0. The van der Waals surface area contributed by atoms with Crippen molar-refractivity contribution in [2.24, 2.45) is 0 Å². The van der Waals surface area contributed by atoms with Crippen LogP contribution in [0.25, 0.3) is 0 Å². The lowest BCUT2D eigenvalue weighted by atomic mass is 9.87. The minimum atomic E-state index is -3.52. The van der Waals surface area contributed by atoms with E-state index < -0.39 is 10.0 Å². The molecule has 27 heavy (non-hydrogen) atoms. The molecule has 0 spiro atoms. The largest absolute Gasteiger partial charge is 0.367 e. The topological polar surface area (TPSA) is 70.6 Å². The Kier molecular flexibility index (Phi) is 5.35. The molecule has 0 atom stereocenters. The molecule has 1 fully saturated rings. The minimum Gasteiger partial charge on any atom is -0.367 e. The van der Waals surface area contributed by atoms with Gasteiger partial charge in [-0.15, -0.1) is 0 Å². The lowest BCUT2D eigenvalue weighted by Gasteiger charge is -2.35. The predicted molar refractivity (Wildman–Crippen MR) is 106 cm³/mol. The highest BCUT2D eigenvalue weighted by molar-refractivity contribution is 7.89. The van der Waals surface area contributed by atoms with Gasteiger partial charge in [-0.1, -0.05) is 32.9 Å². The normalized spacial score (nSPS) is 16.3. The maximum absolute atomic E-state index is 13.0. The highest BCUT2D eigenvalue weighted by Gasteiger charge is 2.29. The molecule has 1 aliphatic rings. The highest BCUT2D eigenvalue weighted by Crippen LogP contribution is 2.26. The summed E-state index contributed by atoms with van der Waals surface area (Å²) >= 11 is 0. The van der Waals surface area contributed by atoms with Crippen molar-refractivity contribution in [1.29, 1.82) is 0 Å². The third-order valence-corrected chi connectivity index (χ3v) is 6.78. The molecule has 144 valence electrons. The Balaban J connectivity index is 1.74. The Morgan fingerprint density at radius 3 is 2.19 bits per heavy atom. The van der Waals surface area contributed by atoms with Gasteiger partial charge in [0.05, 0.1) is 10.6 Å². The third kappa shape index (κ3) is 4.04. The number of carbonyl (C=O) groups is 1. The maximum atomic E-state index is 13.0. The molecule has 0 bridgehead atoms. The molecule has 1 saturated heterocycles. The first kappa shape index (κ1) is 19.5. The van der Waals surface area contributed by atoms with E-state index in [0.717, 1.165) is 17.5 Å². The number of aldehydes is 1. The standard InChI is InChI=1S/C20H25N3O3S/c1-20(2,3)16-6-8-17(9-7-16)27(25,26)23-13-11-22(12-14-23)19-5-4-10-21-18(19)15-24/h4-10,15H,11-14H2,1-3H3. The highest BCUT2D eigenvalue weighted by atomic mass is 32.2. The SMILES string of the molecule is CC(C)(C)c1ccc(S(=O)(=O)N2CCN(c3cccnc3C=O)CC2)cc1. The Labute approximate surface area is 160 Å². The molecule has 0 unspecified atom stereocenters. The van der Waals surface area contributed by atoms with Crippen LogP contribution in [0, 0.1) is 0 Å². The lowest BCUT2D eigenvalue weighted by Crippen LogP contribution is -2.49. The van der Waals surface area contributed by atoms with Gasteiger partial charge in [-0.2, -0.15) is 4.31 Å². The number of carbonyl (C=O) groups excluding carboxylic acids is 1. The number of anilines is 1. The van der Waals surface area contributed by atoms with E-state index in [1.54, 1.807) is 24.4 Å². The van der Waals surface area contributed by atoms with Gasteiger partial charge in [-0.25, -0.2) is 8.42 Å². The van der Waals surface area contributed by atoms with Crippen molar-refractivity contribution in [1.82, 2.24) is 9.29 Å². The van der Waals surface area contributed by atoms with Crippen molar-refractivity contribution in [2.45, 2.75) is 31.1 Å². The first-order valence-corrected chi connectivity index (χ1v) is 10.4. The number of piperazine rings is 1. The minimum absolute atomic E-state index is 0.0199. The molecule has 2 aromatic rings. The molecule has 2 heterocycles. The number of nitrogens with zero attached hydrogens (tertiary/aromatic N) is 3. The fraction of sp³-hybridized carbons (Fsp3) is 0.400. The second-order valence-electron chi connectivity index (χ2n) is 7.69. The average molecular weight is 388 g/mol. The summed E-state index contributed by atoms with van der Waals surface area (Å²) in [5, 5.41) is 0. The van der Waals surface area contributed by atoms with Crippen LogP contribution in [0.2, 0.25) is 0 Å². The molecule has 3 rings (SSSR count). The molecule has 7 heteroatoms. The Hall–Kier alpha value is -2.25. The van der Waals surface area contributed by atoms with Crippen molar-refractivity contribution in [2.75, 3.05) is 31.1 Å². The number of benzene rings is 1. The van der Waals surface area contributed by atoms with E-state index in [9.17, 15) is 13.2 Å². The van der Waals surface area contributed by atoms with Crippen LogP contribution in [-0.4, -0.2) is 50.2 Å². The van der Waals surface area contributed by atoms with Gasteiger partial charge in [0.1, 0.15) is 5.69 Å². The van der Waals surface area contributed by atoms with Crippen LogP contribution in [0.15, 0.2) is 47.5 Å². The smallest absolute Gasteiger partial charge is 0.243 e. The van der Waals surface area contributed by atoms with E-state index in [-0.39, 0.29) is 5.41 Å². The quantitative estimate of drug-likeness (QED) is 0.755. The van der Waals surface area contributed by atoms with Crippen LogP contribution in [0.1, 0.15) is 36.8 Å². The van der Waals surface area contributed by atoms with E-state index in [4.69, 9.17) is 0 Å². The van der Waals surface area contributed by atoms with Gasteiger partial charge in [-0.05, 0) is 35.2 Å². The van der Waals surface area contributed by atoms with Gasteiger partial charge in [0, 0.05) is 32.4 Å². The third-order valence-electron chi connectivity index (χ3n) is 4.87. The van der Waals surface area contributed by atoms with Crippen LogP contribution >= 0.6 is 0 Å². The summed E-state index contributed by atoms with van der Waals surface area (Å²) in [4.78, 5) is 17.6. The van der Waals surface area contributed by atoms with Crippen LogP contribution in [0.4, 0.5) is 5.69 Å². The summed E-state index contributed by atoms with van der Waals surface area (Å²) in [6.07, 6.45) is 2.31. The maximum Gasteiger partial charge on any atom is 0.243 e. The van der Waals surface area contributed by atoms with Gasteiger partial charge in [0.25, 0.3) is 0 Å². The number of hydrogen-bond donors (Lipinski definition) is 0. The fourth-order valence-corrected chi connectivity index (χ4v) is 4.63. The van der Waals surface area contributed by atoms with E-state index >= 15 is 0 Å². The van der Waals surface area contributed by atoms with E-state index in [0.29, 0.717) is 36.8 Å².